The zero-order chi connectivity index (χ0) is 25.6. The number of para-hydroxylation sites is 2. The molecular weight excluding hydrogens is 470 g/mol. The maximum absolute atomic E-state index is 11.7. The lowest BCUT2D eigenvalue weighted by atomic mass is 9.95. The van der Waals surface area contributed by atoms with Crippen LogP contribution in [-0.4, -0.2) is 14.5 Å². The van der Waals surface area contributed by atoms with E-state index in [1.807, 2.05) is 66.7 Å². The van der Waals surface area contributed by atoms with E-state index in [1.54, 1.807) is 18.2 Å². The molecule has 1 heterocycles. The van der Waals surface area contributed by atoms with E-state index >= 15 is 0 Å². The van der Waals surface area contributed by atoms with E-state index in [-0.39, 0.29) is 10.6 Å². The van der Waals surface area contributed by atoms with Crippen LogP contribution in [0, 0.1) is 10.1 Å². The monoisotopic (exact) mass is 491 g/mol. The highest BCUT2D eigenvalue weighted by atomic mass is 16.6. The predicted octanol–water partition coefficient (Wildman–Crippen LogP) is 8.57. The van der Waals surface area contributed by atoms with E-state index in [2.05, 4.69) is 47.0 Å². The van der Waals surface area contributed by atoms with E-state index in [4.69, 9.17) is 4.98 Å². The lowest BCUT2D eigenvalue weighted by Gasteiger charge is -2.13. The van der Waals surface area contributed by atoms with Gasteiger partial charge >= 0.3 is 0 Å². The normalized spacial score (nSPS) is 11.4. The molecule has 180 valence electrons. The molecule has 38 heavy (non-hydrogen) atoms. The Hall–Kier alpha value is -5.29. The average molecular weight is 492 g/mol. The Bertz CT molecular complexity index is 1990. The Balaban J connectivity index is 1.63. The molecule has 0 saturated carbocycles. The van der Waals surface area contributed by atoms with Crippen molar-refractivity contribution >= 4 is 38.3 Å². The number of fused-ring (bicyclic) bond motifs is 6. The number of nitrogens with zero attached hydrogens (tertiary/aromatic N) is 3. The van der Waals surface area contributed by atoms with Crippen molar-refractivity contribution < 1.29 is 4.92 Å². The van der Waals surface area contributed by atoms with Crippen LogP contribution in [0.15, 0.2) is 127 Å². The van der Waals surface area contributed by atoms with Crippen molar-refractivity contribution in [1.82, 2.24) is 9.55 Å². The first kappa shape index (κ1) is 21.9. The summed E-state index contributed by atoms with van der Waals surface area (Å²) < 4.78 is 2.24. The van der Waals surface area contributed by atoms with Gasteiger partial charge in [0.25, 0.3) is 5.69 Å². The lowest BCUT2D eigenvalue weighted by Crippen LogP contribution is -1.97. The molecule has 0 unspecified atom stereocenters. The van der Waals surface area contributed by atoms with Gasteiger partial charge in [-0.15, -0.1) is 0 Å². The van der Waals surface area contributed by atoms with Crippen molar-refractivity contribution in [2.75, 3.05) is 0 Å². The SMILES string of the molecule is O=[N+]([O-])c1ccccc1-c1ccc2c(c1)c1ccccc1c1c2nc(-c2ccccc2)n1-c1ccccc1. The zero-order valence-corrected chi connectivity index (χ0v) is 20.3. The maximum Gasteiger partial charge on any atom is 0.277 e. The number of benzene rings is 6. The Morgan fingerprint density at radius 1 is 0.605 bits per heavy atom. The molecule has 0 amide bonds. The molecule has 0 atom stereocenters. The zero-order valence-electron chi connectivity index (χ0n) is 20.3. The van der Waals surface area contributed by atoms with Gasteiger partial charge in [0.1, 0.15) is 5.82 Å². The summed E-state index contributed by atoms with van der Waals surface area (Å²) in [4.78, 5) is 16.7. The molecule has 7 aromatic rings. The maximum atomic E-state index is 11.7. The molecule has 0 aliphatic rings. The van der Waals surface area contributed by atoms with Gasteiger partial charge in [-0.3, -0.25) is 14.7 Å². The Labute approximate surface area is 218 Å². The molecule has 0 saturated heterocycles. The van der Waals surface area contributed by atoms with Crippen LogP contribution in [0.1, 0.15) is 0 Å². The summed E-state index contributed by atoms with van der Waals surface area (Å²) in [6.45, 7) is 0. The first-order valence-corrected chi connectivity index (χ1v) is 12.4. The third-order valence-corrected chi connectivity index (χ3v) is 7.08. The molecule has 5 nitrogen and oxygen atoms in total. The van der Waals surface area contributed by atoms with Crippen LogP contribution in [0.2, 0.25) is 0 Å². The molecule has 0 aliphatic heterocycles. The number of imidazole rings is 1. The average Bonchev–Trinajstić information content (AvgIpc) is 3.39. The van der Waals surface area contributed by atoms with Crippen molar-refractivity contribution in [3.63, 3.8) is 0 Å². The molecule has 1 aromatic heterocycles. The third-order valence-electron chi connectivity index (χ3n) is 7.08. The second kappa shape index (κ2) is 8.68. The fraction of sp³-hybridized carbons (Fsp3) is 0. The van der Waals surface area contributed by atoms with Gasteiger partial charge < -0.3 is 0 Å². The van der Waals surface area contributed by atoms with Gasteiger partial charge in [-0.2, -0.15) is 0 Å². The summed E-state index contributed by atoms with van der Waals surface area (Å²) in [6, 6.07) is 41.8. The van der Waals surface area contributed by atoms with Crippen molar-refractivity contribution in [1.29, 1.82) is 0 Å². The molecule has 7 rings (SSSR count). The smallest absolute Gasteiger partial charge is 0.277 e. The molecule has 0 bridgehead atoms. The first-order valence-electron chi connectivity index (χ1n) is 12.4. The summed E-state index contributed by atoms with van der Waals surface area (Å²) in [5.74, 6) is 0.868. The second-order valence-electron chi connectivity index (χ2n) is 9.25. The Morgan fingerprint density at radius 2 is 1.26 bits per heavy atom. The largest absolute Gasteiger partial charge is 0.292 e. The molecule has 0 radical (unpaired) electrons. The quantitative estimate of drug-likeness (QED) is 0.141. The predicted molar refractivity (Wildman–Crippen MR) is 154 cm³/mol. The minimum atomic E-state index is -0.325. The first-order chi connectivity index (χ1) is 18.7. The van der Waals surface area contributed by atoms with Crippen molar-refractivity contribution in [2.24, 2.45) is 0 Å². The van der Waals surface area contributed by atoms with Gasteiger partial charge in [-0.25, -0.2) is 4.98 Å². The third kappa shape index (κ3) is 3.37. The van der Waals surface area contributed by atoms with Crippen molar-refractivity contribution in [3.8, 4) is 28.2 Å². The number of aromatic nitrogens is 2. The number of rotatable bonds is 4. The summed E-state index contributed by atoms with van der Waals surface area (Å²) in [5.41, 5.74) is 5.50. The van der Waals surface area contributed by atoms with Crippen LogP contribution in [0.3, 0.4) is 0 Å². The van der Waals surface area contributed by atoms with Crippen molar-refractivity contribution in [3.05, 3.63) is 138 Å². The Kier molecular flexibility index (Phi) is 5.01. The number of hydrogen-bond donors (Lipinski definition) is 0. The van der Waals surface area contributed by atoms with Crippen LogP contribution in [-0.2, 0) is 0 Å². The van der Waals surface area contributed by atoms with E-state index < -0.39 is 0 Å². The van der Waals surface area contributed by atoms with Crippen molar-refractivity contribution in [2.45, 2.75) is 0 Å². The van der Waals surface area contributed by atoms with Gasteiger partial charge in [0.15, 0.2) is 0 Å². The fourth-order valence-electron chi connectivity index (χ4n) is 5.41. The standard InChI is InChI=1S/C33H21N3O2/c37-36(38)30-18-10-9-15-25(30)23-19-20-27-29(21-23)26-16-7-8-17-28(26)32-31(27)34-33(22-11-3-1-4-12-22)35(32)24-13-5-2-6-14-24/h1-21H. The highest BCUT2D eigenvalue weighted by molar-refractivity contribution is 6.24. The van der Waals surface area contributed by atoms with E-state index in [9.17, 15) is 10.1 Å². The van der Waals surface area contributed by atoms with Gasteiger partial charge in [0.05, 0.1) is 21.5 Å². The summed E-state index contributed by atoms with van der Waals surface area (Å²) in [6.07, 6.45) is 0. The molecule has 0 N–H and O–H groups in total. The number of nitro groups is 1. The number of hydrogen-bond acceptors (Lipinski definition) is 3. The lowest BCUT2D eigenvalue weighted by molar-refractivity contribution is -0.384. The number of nitro benzene ring substituents is 1. The highest BCUT2D eigenvalue weighted by Gasteiger charge is 2.21. The molecule has 0 aliphatic carbocycles. The Morgan fingerprint density at radius 3 is 2.03 bits per heavy atom. The van der Waals surface area contributed by atoms with Crippen LogP contribution >= 0.6 is 0 Å². The molecule has 6 aromatic carbocycles. The minimum Gasteiger partial charge on any atom is -0.292 e. The van der Waals surface area contributed by atoms with Crippen LogP contribution < -0.4 is 0 Å². The fourth-order valence-corrected chi connectivity index (χ4v) is 5.41. The molecular formula is C33H21N3O2. The molecule has 0 spiro atoms. The van der Waals surface area contributed by atoms with E-state index in [1.165, 1.54) is 0 Å². The van der Waals surface area contributed by atoms with Gasteiger partial charge in [0, 0.05) is 28.1 Å². The topological polar surface area (TPSA) is 61.0 Å². The van der Waals surface area contributed by atoms with E-state index in [0.29, 0.717) is 5.56 Å². The van der Waals surface area contributed by atoms with Crippen LogP contribution in [0.25, 0.3) is 60.8 Å². The van der Waals surface area contributed by atoms with Gasteiger partial charge in [0.2, 0.25) is 0 Å². The summed E-state index contributed by atoms with van der Waals surface area (Å²) >= 11 is 0. The molecule has 0 fully saturated rings. The van der Waals surface area contributed by atoms with Crippen LogP contribution in [0.4, 0.5) is 5.69 Å². The summed E-state index contributed by atoms with van der Waals surface area (Å²) in [5, 5.41) is 15.9. The highest BCUT2D eigenvalue weighted by Crippen LogP contribution is 2.41. The molecule has 5 heteroatoms. The second-order valence-corrected chi connectivity index (χ2v) is 9.25. The minimum absolute atomic E-state index is 0.0944. The van der Waals surface area contributed by atoms with Gasteiger partial charge in [-0.1, -0.05) is 97.1 Å². The van der Waals surface area contributed by atoms with Crippen LogP contribution in [0.5, 0.6) is 0 Å². The summed E-state index contributed by atoms with van der Waals surface area (Å²) in [7, 11) is 0. The van der Waals surface area contributed by atoms with Gasteiger partial charge in [-0.05, 0) is 40.6 Å². The van der Waals surface area contributed by atoms with E-state index in [0.717, 1.165) is 55.2 Å².